The zero-order valence-corrected chi connectivity index (χ0v) is 13.9. The highest BCUT2D eigenvalue weighted by atomic mass is 35.5. The molecule has 118 valence electrons. The zero-order chi connectivity index (χ0) is 16.4. The standard InChI is InChI=1S/C18H18ClN3O/c1-3-16(23)21-15-9-10-20-18-17(15)14(11-22(18)4-2)12-5-7-13(19)8-6-12/h5-11H,3-4H2,1-2H3,(H,20,21,23). The first-order valence-electron chi connectivity index (χ1n) is 7.67. The van der Waals surface area contributed by atoms with Gasteiger partial charge in [-0.05, 0) is 30.7 Å². The third-order valence-corrected chi connectivity index (χ3v) is 4.10. The number of hydrogen-bond donors (Lipinski definition) is 1. The second-order valence-corrected chi connectivity index (χ2v) is 5.73. The van der Waals surface area contributed by atoms with Crippen LogP contribution in [0, 0.1) is 0 Å². The SMILES string of the molecule is CCC(=O)Nc1ccnc2c1c(-c1ccc(Cl)cc1)cn2CC. The Morgan fingerprint density at radius 1 is 1.22 bits per heavy atom. The molecule has 0 atom stereocenters. The molecule has 0 bridgehead atoms. The molecule has 0 saturated carbocycles. The zero-order valence-electron chi connectivity index (χ0n) is 13.1. The third kappa shape index (κ3) is 2.94. The molecule has 0 saturated heterocycles. The molecule has 3 aromatic rings. The highest BCUT2D eigenvalue weighted by Gasteiger charge is 2.15. The van der Waals surface area contributed by atoms with E-state index in [-0.39, 0.29) is 5.91 Å². The van der Waals surface area contributed by atoms with Gasteiger partial charge in [-0.15, -0.1) is 0 Å². The van der Waals surface area contributed by atoms with Crippen molar-refractivity contribution in [3.63, 3.8) is 0 Å². The van der Waals surface area contributed by atoms with Crippen LogP contribution >= 0.6 is 11.6 Å². The maximum atomic E-state index is 11.8. The average Bonchev–Trinajstić information content (AvgIpc) is 2.95. The summed E-state index contributed by atoms with van der Waals surface area (Å²) < 4.78 is 2.08. The van der Waals surface area contributed by atoms with Gasteiger partial charge in [0.2, 0.25) is 5.91 Å². The number of carbonyl (C=O) groups excluding carboxylic acids is 1. The molecule has 0 unspecified atom stereocenters. The highest BCUT2D eigenvalue weighted by molar-refractivity contribution is 6.30. The molecule has 2 heterocycles. The Morgan fingerprint density at radius 3 is 2.61 bits per heavy atom. The Balaban J connectivity index is 2.24. The Bertz CT molecular complexity index is 853. The third-order valence-electron chi connectivity index (χ3n) is 3.85. The van der Waals surface area contributed by atoms with Crippen LogP contribution in [0.2, 0.25) is 5.02 Å². The van der Waals surface area contributed by atoms with Crippen molar-refractivity contribution in [2.45, 2.75) is 26.8 Å². The first kappa shape index (κ1) is 15.6. The van der Waals surface area contributed by atoms with Gasteiger partial charge in [-0.25, -0.2) is 4.98 Å². The summed E-state index contributed by atoms with van der Waals surface area (Å²) in [7, 11) is 0. The van der Waals surface area contributed by atoms with Crippen molar-refractivity contribution in [1.29, 1.82) is 0 Å². The van der Waals surface area contributed by atoms with Gasteiger partial charge >= 0.3 is 0 Å². The molecule has 0 aliphatic rings. The largest absolute Gasteiger partial charge is 0.332 e. The van der Waals surface area contributed by atoms with Gasteiger partial charge in [-0.1, -0.05) is 30.7 Å². The summed E-state index contributed by atoms with van der Waals surface area (Å²) in [6, 6.07) is 9.54. The second kappa shape index (κ2) is 6.42. The molecule has 23 heavy (non-hydrogen) atoms. The smallest absolute Gasteiger partial charge is 0.224 e. The lowest BCUT2D eigenvalue weighted by Crippen LogP contribution is -2.10. The molecule has 4 nitrogen and oxygen atoms in total. The summed E-state index contributed by atoms with van der Waals surface area (Å²) in [4.78, 5) is 16.3. The van der Waals surface area contributed by atoms with Crippen molar-refractivity contribution < 1.29 is 4.79 Å². The number of carbonyl (C=O) groups is 1. The van der Waals surface area contributed by atoms with Crippen LogP contribution in [0.1, 0.15) is 20.3 Å². The number of halogens is 1. The molecule has 0 spiro atoms. The van der Waals surface area contributed by atoms with Gasteiger partial charge in [0.15, 0.2) is 0 Å². The summed E-state index contributed by atoms with van der Waals surface area (Å²) in [5.41, 5.74) is 3.75. The topological polar surface area (TPSA) is 46.9 Å². The lowest BCUT2D eigenvalue weighted by molar-refractivity contribution is -0.115. The lowest BCUT2D eigenvalue weighted by atomic mass is 10.0. The van der Waals surface area contributed by atoms with Crippen molar-refractivity contribution >= 4 is 34.2 Å². The van der Waals surface area contributed by atoms with Crippen molar-refractivity contribution in [2.75, 3.05) is 5.32 Å². The van der Waals surface area contributed by atoms with Crippen LogP contribution in [-0.2, 0) is 11.3 Å². The average molecular weight is 328 g/mol. The molecular formula is C18H18ClN3O. The highest BCUT2D eigenvalue weighted by Crippen LogP contribution is 2.35. The van der Waals surface area contributed by atoms with Crippen molar-refractivity contribution in [1.82, 2.24) is 9.55 Å². The molecule has 5 heteroatoms. The molecule has 1 aromatic carbocycles. The van der Waals surface area contributed by atoms with Gasteiger partial charge in [0.25, 0.3) is 0 Å². The van der Waals surface area contributed by atoms with E-state index < -0.39 is 0 Å². The van der Waals surface area contributed by atoms with Crippen molar-refractivity contribution in [2.24, 2.45) is 0 Å². The molecule has 0 aliphatic carbocycles. The normalized spacial score (nSPS) is 10.9. The Labute approximate surface area is 140 Å². The number of hydrogen-bond acceptors (Lipinski definition) is 2. The van der Waals surface area contributed by atoms with E-state index >= 15 is 0 Å². The second-order valence-electron chi connectivity index (χ2n) is 5.29. The van der Waals surface area contributed by atoms with E-state index in [1.54, 1.807) is 6.20 Å². The maximum absolute atomic E-state index is 11.8. The summed E-state index contributed by atoms with van der Waals surface area (Å²) >= 11 is 5.99. The summed E-state index contributed by atoms with van der Waals surface area (Å²) in [5, 5.41) is 4.63. The van der Waals surface area contributed by atoms with E-state index in [0.717, 1.165) is 34.4 Å². The molecule has 1 amide bonds. The Morgan fingerprint density at radius 2 is 1.96 bits per heavy atom. The fourth-order valence-electron chi connectivity index (χ4n) is 2.65. The van der Waals surface area contributed by atoms with Crippen LogP contribution in [0.3, 0.4) is 0 Å². The number of fused-ring (bicyclic) bond motifs is 1. The number of benzene rings is 1. The number of pyridine rings is 1. The summed E-state index contributed by atoms with van der Waals surface area (Å²) in [5.74, 6) is -0.0104. The van der Waals surface area contributed by atoms with E-state index in [0.29, 0.717) is 11.4 Å². The van der Waals surface area contributed by atoms with E-state index in [2.05, 4.69) is 28.0 Å². The fraction of sp³-hybridized carbons (Fsp3) is 0.222. The summed E-state index contributed by atoms with van der Waals surface area (Å²) in [6.07, 6.45) is 4.24. The minimum absolute atomic E-state index is 0.0104. The monoisotopic (exact) mass is 327 g/mol. The summed E-state index contributed by atoms with van der Waals surface area (Å²) in [6.45, 7) is 4.72. The minimum atomic E-state index is -0.0104. The molecule has 0 radical (unpaired) electrons. The van der Waals surface area contributed by atoms with E-state index in [4.69, 9.17) is 11.6 Å². The number of nitrogens with one attached hydrogen (secondary N) is 1. The van der Waals surface area contributed by atoms with Crippen LogP contribution in [0.15, 0.2) is 42.7 Å². The molecule has 2 aromatic heterocycles. The Hall–Kier alpha value is -2.33. The van der Waals surface area contributed by atoms with Crippen LogP contribution in [-0.4, -0.2) is 15.5 Å². The molecule has 0 aliphatic heterocycles. The number of aryl methyl sites for hydroxylation is 1. The number of rotatable bonds is 4. The first-order valence-corrected chi connectivity index (χ1v) is 8.05. The number of nitrogens with zero attached hydrogens (tertiary/aromatic N) is 2. The molecule has 3 rings (SSSR count). The van der Waals surface area contributed by atoms with Crippen LogP contribution in [0.4, 0.5) is 5.69 Å². The van der Waals surface area contributed by atoms with Gasteiger partial charge in [-0.3, -0.25) is 4.79 Å². The number of amides is 1. The van der Waals surface area contributed by atoms with Crippen LogP contribution in [0.5, 0.6) is 0 Å². The van der Waals surface area contributed by atoms with Gasteiger partial charge in [0.05, 0.1) is 11.1 Å². The predicted octanol–water partition coefficient (Wildman–Crippen LogP) is 4.73. The number of anilines is 1. The molecule has 1 N–H and O–H groups in total. The molecule has 0 fully saturated rings. The predicted molar refractivity (Wildman–Crippen MR) is 94.8 cm³/mol. The van der Waals surface area contributed by atoms with Gasteiger partial charge < -0.3 is 9.88 Å². The van der Waals surface area contributed by atoms with E-state index in [9.17, 15) is 4.79 Å². The quantitative estimate of drug-likeness (QED) is 0.753. The molecular weight excluding hydrogens is 310 g/mol. The van der Waals surface area contributed by atoms with E-state index in [1.165, 1.54) is 0 Å². The number of aromatic nitrogens is 2. The fourth-order valence-corrected chi connectivity index (χ4v) is 2.77. The van der Waals surface area contributed by atoms with E-state index in [1.807, 2.05) is 37.3 Å². The van der Waals surface area contributed by atoms with Crippen molar-refractivity contribution in [3.8, 4) is 11.1 Å². The Kier molecular flexibility index (Phi) is 4.35. The van der Waals surface area contributed by atoms with Crippen LogP contribution in [0.25, 0.3) is 22.2 Å². The van der Waals surface area contributed by atoms with Crippen LogP contribution < -0.4 is 5.32 Å². The maximum Gasteiger partial charge on any atom is 0.224 e. The first-order chi connectivity index (χ1) is 11.1. The lowest BCUT2D eigenvalue weighted by Gasteiger charge is -2.08. The van der Waals surface area contributed by atoms with Gasteiger partial charge in [0, 0.05) is 35.9 Å². The van der Waals surface area contributed by atoms with Crippen molar-refractivity contribution in [3.05, 3.63) is 47.7 Å². The minimum Gasteiger partial charge on any atom is -0.332 e. The van der Waals surface area contributed by atoms with Gasteiger partial charge in [0.1, 0.15) is 5.65 Å². The van der Waals surface area contributed by atoms with Gasteiger partial charge in [-0.2, -0.15) is 0 Å².